The number of hydrogen-bond donors (Lipinski definition) is 3. The summed E-state index contributed by atoms with van der Waals surface area (Å²) in [5.74, 6) is -3.72. The summed E-state index contributed by atoms with van der Waals surface area (Å²) in [5.41, 5.74) is 3.57. The summed E-state index contributed by atoms with van der Waals surface area (Å²) in [6, 6.07) is 18.4. The van der Waals surface area contributed by atoms with Gasteiger partial charge in [-0.15, -0.1) is 18.0 Å². The number of imide groups is 1. The van der Waals surface area contributed by atoms with E-state index in [0.29, 0.717) is 60.3 Å². The molecular weight excluding hydrogens is 1400 g/mol. The molecule has 4 amide bonds. The first-order valence-electron chi connectivity index (χ1n) is 29.4. The fourth-order valence-electron chi connectivity index (χ4n) is 9.78. The highest BCUT2D eigenvalue weighted by molar-refractivity contribution is 7.94. The highest BCUT2D eigenvalue weighted by Gasteiger charge is 2.42. The highest BCUT2D eigenvalue weighted by Crippen LogP contribution is 2.41. The lowest BCUT2D eigenvalue weighted by atomic mass is 9.81. The van der Waals surface area contributed by atoms with Crippen LogP contribution >= 0.6 is 54.0 Å². The van der Waals surface area contributed by atoms with E-state index in [9.17, 15) is 70.7 Å². The molecular formula is C64H77Cl4FN5O19PS2. The van der Waals surface area contributed by atoms with Gasteiger partial charge in [0, 0.05) is 49.5 Å². The third-order valence-electron chi connectivity index (χ3n) is 14.0. The number of Topliss-reactive ketones (excluding diaryl/α,β-unsaturated/α-hetero) is 3. The van der Waals surface area contributed by atoms with E-state index in [4.69, 9.17) is 77.0 Å². The maximum atomic E-state index is 14.4. The average molecular weight is 1480 g/mol. The van der Waals surface area contributed by atoms with Crippen LogP contribution in [-0.4, -0.2) is 157 Å². The Bertz CT molecular complexity index is 3710. The maximum absolute atomic E-state index is 14.4. The molecule has 3 N–H and O–H groups in total. The molecule has 4 unspecified atom stereocenters. The van der Waals surface area contributed by atoms with Crippen molar-refractivity contribution in [2.45, 2.75) is 114 Å². The van der Waals surface area contributed by atoms with E-state index in [1.807, 2.05) is 62.5 Å². The van der Waals surface area contributed by atoms with Crippen LogP contribution in [0.2, 0.25) is 5.02 Å². The molecule has 32 heteroatoms. The Hall–Kier alpha value is -6.80. The molecule has 2 aliphatic heterocycles. The second kappa shape index (κ2) is 39.0. The second-order valence-electron chi connectivity index (χ2n) is 22.2. The number of carbonyl (C=O) groups excluding carboxylic acids is 7. The Labute approximate surface area is 580 Å². The van der Waals surface area contributed by atoms with Crippen molar-refractivity contribution >= 4 is 144 Å². The zero-order valence-corrected chi connectivity index (χ0v) is 59.9. The number of nitrogens with one attached hydrogen (secondary N) is 1. The SMILES string of the molecule is C#CC(C)Oc1cc(N2C(=O)C3=C(CCCC3)C2=O)c(F)cc1Cl.CC1COc2ccccc2N1C(=O)C(Cl)Cl.CCc1cccc(C)c1N(C(=O)CCl)C(C)COC.CS(=O)(=O)c1ccc(C(=O)C2C(=O)CCCC2=O)c([N+](=O)[O-])c1.C[S+](C)C.O=C(O)CNCP(=O)([O-])O. The molecule has 2 aliphatic carbocycles. The fraction of sp³-hybridized carbons (Fsp3) is 0.438. The number of para-hydroxylation sites is 3. The van der Waals surface area contributed by atoms with Gasteiger partial charge in [0.05, 0.1) is 87.8 Å². The lowest BCUT2D eigenvalue weighted by Gasteiger charge is -2.35. The van der Waals surface area contributed by atoms with Gasteiger partial charge in [-0.2, -0.15) is 0 Å². The third kappa shape index (κ3) is 24.3. The number of carboxylic acid groups (broad SMARTS) is 1. The number of terminal acetylenes is 1. The van der Waals surface area contributed by atoms with Crippen molar-refractivity contribution in [1.82, 2.24) is 5.32 Å². The van der Waals surface area contributed by atoms with E-state index in [0.717, 1.165) is 77.2 Å². The van der Waals surface area contributed by atoms with Gasteiger partial charge in [-0.1, -0.05) is 78.0 Å². The molecule has 4 aliphatic rings. The minimum Gasteiger partial charge on any atom is -0.778 e. The number of aryl methyl sites for hydroxylation is 2. The number of fused-ring (bicyclic) bond motifs is 1. The van der Waals surface area contributed by atoms with Crippen molar-refractivity contribution in [1.29, 1.82) is 0 Å². The number of amides is 4. The van der Waals surface area contributed by atoms with Crippen LogP contribution in [0.25, 0.3) is 0 Å². The van der Waals surface area contributed by atoms with Crippen LogP contribution in [0.4, 0.5) is 27.1 Å². The number of anilines is 3. The van der Waals surface area contributed by atoms with Gasteiger partial charge in [0.1, 0.15) is 43.3 Å². The zero-order valence-electron chi connectivity index (χ0n) is 54.4. The van der Waals surface area contributed by atoms with Gasteiger partial charge in [-0.25, -0.2) is 17.7 Å². The number of nitrogens with zero attached hydrogens (tertiary/aromatic N) is 4. The number of carboxylic acids is 1. The summed E-state index contributed by atoms with van der Waals surface area (Å²) in [6.45, 7) is 10.1. The molecule has 0 saturated heterocycles. The number of hydrogen-bond acceptors (Lipinski definition) is 18. The number of nitro benzene ring substituents is 1. The summed E-state index contributed by atoms with van der Waals surface area (Å²) in [7, 11) is -5.77. The number of aliphatic carboxylic acids is 1. The molecule has 1 fully saturated rings. The van der Waals surface area contributed by atoms with Gasteiger partial charge in [0.2, 0.25) is 5.91 Å². The number of nitro groups is 1. The van der Waals surface area contributed by atoms with Crippen LogP contribution in [0.3, 0.4) is 0 Å². The first-order valence-corrected chi connectivity index (χ1v) is 37.3. The Balaban J connectivity index is 0.000000315. The fourth-order valence-corrected chi connectivity index (χ4v) is 11.4. The standard InChI is InChI=1S/C18H15ClFNO3.C15H22ClNO2.C14H13NO7S.C11H11Cl2NO2.C3H8NO5P.C3H9S/c1-3-10(2)24-16-9-15(14(20)8-13(16)19)21-17(22)11-6-4-5-7-12(11)18(21)23;1-5-13-8-6-7-11(2)15(13)17(14(18)9-16)12(3)10-19-4;1-23(21,22)8-5-6-9(10(7-8)15(19)20)14(18)13-11(16)3-2-4-12(13)17;1-7-6-16-9-5-3-2-4-8(9)14(7)11(15)10(12)13;5-3(6)1-4-2-10(7,8)9;1-4(2)3/h1,8-10H,4-7H2,2H3;6-8,12H,5,9-10H2,1-4H3;5-7,13H,2-4H2,1H3;2-5,7,10H,6H2,1H3;4H,1-2H2,(H,5,6)(H2,7,8,9);1-3H3/q;;;;;+1/p-1. The molecule has 4 aromatic carbocycles. The second-order valence-corrected chi connectivity index (χ2v) is 30.0. The van der Waals surface area contributed by atoms with E-state index in [2.05, 4.69) is 37.7 Å². The smallest absolute Gasteiger partial charge is 0.317 e. The lowest BCUT2D eigenvalue weighted by molar-refractivity contribution is -0.385. The first kappa shape index (κ1) is 83.4. The number of alkyl halides is 3. The van der Waals surface area contributed by atoms with Crippen molar-refractivity contribution in [3.05, 3.63) is 122 Å². The molecule has 0 spiro atoms. The Morgan fingerprint density at radius 2 is 1.53 bits per heavy atom. The quantitative estimate of drug-likeness (QED) is 0.00961. The van der Waals surface area contributed by atoms with Gasteiger partial charge >= 0.3 is 5.97 Å². The van der Waals surface area contributed by atoms with Crippen LogP contribution < -0.4 is 34.4 Å². The van der Waals surface area contributed by atoms with E-state index in [-0.39, 0.29) is 64.0 Å². The molecule has 4 aromatic rings. The summed E-state index contributed by atoms with van der Waals surface area (Å²) < 4.78 is 63.4. The van der Waals surface area contributed by atoms with Crippen molar-refractivity contribution in [2.75, 3.05) is 78.8 Å². The van der Waals surface area contributed by atoms with Crippen molar-refractivity contribution in [3.63, 3.8) is 0 Å². The maximum Gasteiger partial charge on any atom is 0.317 e. The molecule has 0 radical (unpaired) electrons. The third-order valence-corrected chi connectivity index (χ3v) is 16.6. The van der Waals surface area contributed by atoms with Crippen molar-refractivity contribution in [3.8, 4) is 23.8 Å². The largest absolute Gasteiger partial charge is 0.778 e. The van der Waals surface area contributed by atoms with Gasteiger partial charge in [-0.05, 0) is 119 Å². The van der Waals surface area contributed by atoms with Crippen LogP contribution in [0, 0.1) is 41.1 Å². The number of rotatable bonds is 18. The minimum atomic E-state index is -4.35. The van der Waals surface area contributed by atoms with E-state index in [1.165, 1.54) is 6.07 Å². The molecule has 0 aromatic heterocycles. The number of carbonyl (C=O) groups is 8. The molecule has 24 nitrogen and oxygen atoms in total. The summed E-state index contributed by atoms with van der Waals surface area (Å²) in [4.78, 5) is 126. The Kier molecular flexibility index (Phi) is 33.9. The van der Waals surface area contributed by atoms with Crippen LogP contribution in [0.1, 0.15) is 94.1 Å². The summed E-state index contributed by atoms with van der Waals surface area (Å²) in [6.07, 6.45) is 15.6. The van der Waals surface area contributed by atoms with Crippen LogP contribution in [0.15, 0.2) is 88.8 Å². The number of halogens is 5. The van der Waals surface area contributed by atoms with Gasteiger partial charge in [0.15, 0.2) is 38.1 Å². The van der Waals surface area contributed by atoms with Crippen molar-refractivity contribution in [2.24, 2.45) is 5.92 Å². The number of benzene rings is 4. The number of sulfone groups is 1. The van der Waals surface area contributed by atoms with E-state index < -0.39 is 104 Å². The summed E-state index contributed by atoms with van der Waals surface area (Å²) >= 11 is 23.0. The summed E-state index contributed by atoms with van der Waals surface area (Å²) in [5, 5.41) is 21.1. The first-order chi connectivity index (χ1) is 44.9. The number of methoxy groups -OCH3 is 1. The Morgan fingerprint density at radius 3 is 2.03 bits per heavy atom. The molecule has 4 atom stereocenters. The van der Waals surface area contributed by atoms with Crippen LogP contribution in [-0.2, 0) is 70.0 Å². The molecule has 8 rings (SSSR count). The topological polar surface area (TPSA) is 344 Å². The molecule has 0 bridgehead atoms. The van der Waals surface area contributed by atoms with Gasteiger partial charge in [-0.3, -0.25) is 53.8 Å². The minimum absolute atomic E-state index is 0.0223. The monoisotopic (exact) mass is 1470 g/mol. The average Bonchev–Trinajstić information content (AvgIpc) is 1.56. The van der Waals surface area contributed by atoms with Gasteiger partial charge < -0.3 is 43.5 Å². The molecule has 1 saturated carbocycles. The zero-order chi connectivity index (χ0) is 72.7. The number of ketones is 3. The highest BCUT2D eigenvalue weighted by atomic mass is 35.5. The lowest BCUT2D eigenvalue weighted by Crippen LogP contribution is -2.47. The number of ether oxygens (including phenoxy) is 3. The predicted molar refractivity (Wildman–Crippen MR) is 366 cm³/mol. The van der Waals surface area contributed by atoms with E-state index >= 15 is 0 Å². The molecule has 2 heterocycles. The normalized spacial score (nSPS) is 16.2. The van der Waals surface area contributed by atoms with Gasteiger partial charge in [0.25, 0.3) is 23.4 Å². The predicted octanol–water partition coefficient (Wildman–Crippen LogP) is 9.17. The Morgan fingerprint density at radius 1 is 0.948 bits per heavy atom. The molecule has 524 valence electrons. The van der Waals surface area contributed by atoms with Crippen LogP contribution in [0.5, 0.6) is 11.5 Å². The van der Waals surface area contributed by atoms with Crippen molar-refractivity contribution < 1.29 is 89.8 Å². The molecule has 96 heavy (non-hydrogen) atoms. The van der Waals surface area contributed by atoms with E-state index in [1.54, 1.807) is 23.8 Å².